The predicted octanol–water partition coefficient (Wildman–Crippen LogP) is 1.28. The van der Waals surface area contributed by atoms with Gasteiger partial charge in [0.1, 0.15) is 5.60 Å². The highest BCUT2D eigenvalue weighted by Gasteiger charge is 2.28. The molecule has 148 valence electrons. The minimum atomic E-state index is -3.16. The highest BCUT2D eigenvalue weighted by atomic mass is 32.2. The van der Waals surface area contributed by atoms with E-state index in [1.165, 1.54) is 0 Å². The molecule has 3 N–H and O–H groups in total. The first-order valence-electron chi connectivity index (χ1n) is 8.42. The van der Waals surface area contributed by atoms with Gasteiger partial charge < -0.3 is 20.7 Å². The molecule has 0 spiro atoms. The number of sulfone groups is 1. The van der Waals surface area contributed by atoms with Crippen molar-refractivity contribution in [3.63, 3.8) is 0 Å². The smallest absolute Gasteiger partial charge is 0.407 e. The molecule has 8 nitrogen and oxygen atoms in total. The maximum Gasteiger partial charge on any atom is 0.407 e. The van der Waals surface area contributed by atoms with Crippen LogP contribution in [0.5, 0.6) is 0 Å². The Morgan fingerprint density at radius 1 is 0.960 bits per heavy atom. The van der Waals surface area contributed by atoms with Crippen LogP contribution in [0.3, 0.4) is 0 Å². The fraction of sp³-hybridized carbons (Fsp3) is 0.875. The molecule has 0 aromatic carbocycles. The third kappa shape index (κ3) is 10.9. The molecular formula is C16H34N4O4S. The third-order valence-corrected chi connectivity index (χ3v) is 5.74. The van der Waals surface area contributed by atoms with E-state index in [1.54, 1.807) is 27.8 Å². The van der Waals surface area contributed by atoms with Crippen molar-refractivity contribution in [2.75, 3.05) is 32.4 Å². The maximum atomic E-state index is 12.0. The molecule has 0 rings (SSSR count). The van der Waals surface area contributed by atoms with E-state index >= 15 is 0 Å². The molecule has 0 aliphatic carbocycles. The van der Waals surface area contributed by atoms with Crippen molar-refractivity contribution in [1.29, 1.82) is 0 Å². The molecule has 0 fully saturated rings. The number of hydrogen-bond acceptors (Lipinski definition) is 5. The quantitative estimate of drug-likeness (QED) is 0.350. The van der Waals surface area contributed by atoms with Crippen LogP contribution in [0.2, 0.25) is 0 Å². The van der Waals surface area contributed by atoms with Crippen LogP contribution < -0.4 is 16.0 Å². The summed E-state index contributed by atoms with van der Waals surface area (Å²) in [6.45, 7) is 11.8. The molecule has 0 saturated carbocycles. The van der Waals surface area contributed by atoms with Crippen LogP contribution in [0.15, 0.2) is 4.99 Å². The van der Waals surface area contributed by atoms with E-state index in [0.29, 0.717) is 25.5 Å². The summed E-state index contributed by atoms with van der Waals surface area (Å²) in [6.07, 6.45) is 0.239. The Bertz CT molecular complexity index is 545. The van der Waals surface area contributed by atoms with Gasteiger partial charge in [0.25, 0.3) is 0 Å². The lowest BCUT2D eigenvalue weighted by Crippen LogP contribution is -2.42. The summed E-state index contributed by atoms with van der Waals surface area (Å²) in [5.41, 5.74) is -0.512. The number of guanidine groups is 1. The van der Waals surface area contributed by atoms with Crippen molar-refractivity contribution in [2.24, 2.45) is 4.99 Å². The second-order valence-corrected chi connectivity index (χ2v) is 10.5. The van der Waals surface area contributed by atoms with Crippen LogP contribution in [0.25, 0.3) is 0 Å². The molecule has 0 radical (unpaired) electrons. The van der Waals surface area contributed by atoms with Crippen molar-refractivity contribution in [1.82, 2.24) is 16.0 Å². The lowest BCUT2D eigenvalue weighted by molar-refractivity contribution is 0.0527. The molecular weight excluding hydrogens is 344 g/mol. The zero-order valence-electron chi connectivity index (χ0n) is 16.5. The number of nitrogens with zero attached hydrogens (tertiary/aromatic N) is 1. The topological polar surface area (TPSA) is 109 Å². The van der Waals surface area contributed by atoms with E-state index in [-0.39, 0.29) is 12.3 Å². The van der Waals surface area contributed by atoms with Crippen molar-refractivity contribution in [3.8, 4) is 0 Å². The normalized spacial score (nSPS) is 13.3. The molecule has 0 aromatic rings. The number of rotatable bonds is 7. The van der Waals surface area contributed by atoms with Crippen molar-refractivity contribution in [2.45, 2.75) is 58.3 Å². The van der Waals surface area contributed by atoms with Gasteiger partial charge in [-0.1, -0.05) is 0 Å². The molecule has 0 saturated heterocycles. The summed E-state index contributed by atoms with van der Waals surface area (Å²) in [7, 11) is -1.54. The number of aliphatic imine (C=N–C) groups is 1. The van der Waals surface area contributed by atoms with Gasteiger partial charge >= 0.3 is 6.09 Å². The van der Waals surface area contributed by atoms with Gasteiger partial charge in [-0.05, 0) is 48.0 Å². The molecule has 0 atom stereocenters. The van der Waals surface area contributed by atoms with Gasteiger partial charge in [0.05, 0.1) is 10.5 Å². The van der Waals surface area contributed by atoms with Gasteiger partial charge in [-0.25, -0.2) is 13.2 Å². The Morgan fingerprint density at radius 2 is 1.48 bits per heavy atom. The summed E-state index contributed by atoms with van der Waals surface area (Å²) in [4.78, 5) is 15.5. The van der Waals surface area contributed by atoms with Crippen LogP contribution in [-0.2, 0) is 14.6 Å². The van der Waals surface area contributed by atoms with Gasteiger partial charge in [0.2, 0.25) is 0 Å². The lowest BCUT2D eigenvalue weighted by atomic mass is 10.2. The Kier molecular flexibility index (Phi) is 9.24. The van der Waals surface area contributed by atoms with Crippen molar-refractivity contribution < 1.29 is 17.9 Å². The van der Waals surface area contributed by atoms with Crippen molar-refractivity contribution in [3.05, 3.63) is 0 Å². The van der Waals surface area contributed by atoms with E-state index < -0.39 is 26.3 Å². The summed E-state index contributed by atoms with van der Waals surface area (Å²) in [5.74, 6) is 0.568. The van der Waals surface area contributed by atoms with Crippen LogP contribution >= 0.6 is 0 Å². The molecule has 0 aromatic heterocycles. The minimum absolute atomic E-state index is 0.0391. The summed E-state index contributed by atoms with van der Waals surface area (Å²) < 4.78 is 28.4. The number of hydrogen-bond donors (Lipinski definition) is 3. The fourth-order valence-electron chi connectivity index (χ4n) is 1.63. The zero-order valence-corrected chi connectivity index (χ0v) is 17.3. The van der Waals surface area contributed by atoms with Gasteiger partial charge in [0.15, 0.2) is 15.8 Å². The zero-order chi connectivity index (χ0) is 19.7. The number of carbonyl (C=O) groups is 1. The minimum Gasteiger partial charge on any atom is -0.444 e. The standard InChI is InChI=1S/C16H34N4O4S/c1-15(2,3)24-14(21)20-10-8-9-18-13(17-7)19-11-12-25(22,23)16(4,5)6/h8-12H2,1-7H3,(H,20,21)(H2,17,18,19). The Morgan fingerprint density at radius 3 is 1.96 bits per heavy atom. The number of amides is 1. The molecule has 0 heterocycles. The molecule has 9 heteroatoms. The van der Waals surface area contributed by atoms with Crippen LogP contribution in [-0.4, -0.2) is 63.3 Å². The lowest BCUT2D eigenvalue weighted by Gasteiger charge is -2.20. The molecule has 0 aliphatic heterocycles. The van der Waals surface area contributed by atoms with E-state index in [4.69, 9.17) is 4.74 Å². The first-order chi connectivity index (χ1) is 11.3. The molecule has 25 heavy (non-hydrogen) atoms. The first-order valence-corrected chi connectivity index (χ1v) is 10.1. The summed E-state index contributed by atoms with van der Waals surface area (Å²) in [5, 5.41) is 8.71. The largest absolute Gasteiger partial charge is 0.444 e. The second-order valence-electron chi connectivity index (χ2n) is 7.64. The van der Waals surface area contributed by atoms with Gasteiger partial charge in [-0.15, -0.1) is 0 Å². The monoisotopic (exact) mass is 378 g/mol. The average molecular weight is 379 g/mol. The number of ether oxygens (including phenoxy) is 1. The highest BCUT2D eigenvalue weighted by Crippen LogP contribution is 2.15. The summed E-state index contributed by atoms with van der Waals surface area (Å²) in [6, 6.07) is 0. The van der Waals surface area contributed by atoms with Crippen LogP contribution in [0, 0.1) is 0 Å². The highest BCUT2D eigenvalue weighted by molar-refractivity contribution is 7.92. The third-order valence-electron chi connectivity index (χ3n) is 3.13. The van der Waals surface area contributed by atoms with E-state index in [0.717, 1.165) is 0 Å². The van der Waals surface area contributed by atoms with E-state index in [2.05, 4.69) is 20.9 Å². The fourth-order valence-corrected chi connectivity index (χ4v) is 2.61. The Labute approximate surface area is 152 Å². The van der Waals surface area contributed by atoms with Crippen LogP contribution in [0.4, 0.5) is 4.79 Å². The van der Waals surface area contributed by atoms with Crippen LogP contribution in [0.1, 0.15) is 48.0 Å². The van der Waals surface area contributed by atoms with E-state index in [9.17, 15) is 13.2 Å². The number of carbonyl (C=O) groups excluding carboxylic acids is 1. The Balaban J connectivity index is 4.00. The van der Waals surface area contributed by atoms with Gasteiger partial charge in [-0.3, -0.25) is 4.99 Å². The van der Waals surface area contributed by atoms with Crippen molar-refractivity contribution >= 4 is 21.9 Å². The summed E-state index contributed by atoms with van der Waals surface area (Å²) >= 11 is 0. The SMILES string of the molecule is CN=C(NCCCNC(=O)OC(C)(C)C)NCCS(=O)(=O)C(C)(C)C. The first kappa shape index (κ1) is 23.5. The molecule has 1 amide bonds. The second kappa shape index (κ2) is 9.84. The van der Waals surface area contributed by atoms with Gasteiger partial charge in [0, 0.05) is 26.7 Å². The Hall–Kier alpha value is -1.51. The molecule has 0 aliphatic rings. The predicted molar refractivity (Wildman–Crippen MR) is 102 cm³/mol. The average Bonchev–Trinajstić information content (AvgIpc) is 2.41. The van der Waals surface area contributed by atoms with Gasteiger partial charge in [-0.2, -0.15) is 0 Å². The van der Waals surface area contributed by atoms with E-state index in [1.807, 2.05) is 20.8 Å². The number of alkyl carbamates (subject to hydrolysis) is 1. The number of nitrogens with one attached hydrogen (secondary N) is 3. The maximum absolute atomic E-state index is 12.0. The molecule has 0 unspecified atom stereocenters. The molecule has 0 bridgehead atoms.